The van der Waals surface area contributed by atoms with Crippen LogP contribution < -0.4 is 0 Å². The maximum atomic E-state index is 7.28. The van der Waals surface area contributed by atoms with Crippen LogP contribution in [0.5, 0.6) is 0 Å². The molecular weight excluding hydrogens is 316 g/mol. The topological polar surface area (TPSA) is 9.23 Å². The highest BCUT2D eigenvalue weighted by atomic mass is 35.5. The normalized spacial score (nSPS) is 20.5. The Labute approximate surface area is 148 Å². The molecule has 1 aliphatic rings. The third-order valence-electron chi connectivity index (χ3n) is 4.48. The number of alkyl halides is 1. The minimum atomic E-state index is -0.748. The highest BCUT2D eigenvalue weighted by Gasteiger charge is 2.35. The van der Waals surface area contributed by atoms with Crippen molar-refractivity contribution in [3.63, 3.8) is 0 Å². The lowest BCUT2D eigenvalue weighted by Gasteiger charge is -2.30. The van der Waals surface area contributed by atoms with Crippen LogP contribution in [0.25, 0.3) is 0 Å². The van der Waals surface area contributed by atoms with Crippen molar-refractivity contribution in [1.82, 2.24) is 0 Å². The van der Waals surface area contributed by atoms with Crippen LogP contribution in [-0.4, -0.2) is 12.7 Å². The number of halogens is 1. The van der Waals surface area contributed by atoms with Crippen molar-refractivity contribution in [2.45, 2.75) is 17.4 Å². The number of benzene rings is 2. The number of hydrogen-bond acceptors (Lipinski definition) is 1. The Bertz CT molecular complexity index is 735. The molecule has 2 aromatic rings. The van der Waals surface area contributed by atoms with E-state index >= 15 is 0 Å². The molecule has 0 saturated carbocycles. The lowest BCUT2D eigenvalue weighted by atomic mass is 9.83. The molecular formula is C22H21ClO. The van der Waals surface area contributed by atoms with E-state index in [1.165, 1.54) is 0 Å². The SMILES string of the molecule is CO[C@@]1(C)C=CC=C(C(Cl)(c2ccccc2)c2ccccc2)C=C1. The van der Waals surface area contributed by atoms with E-state index in [0.717, 1.165) is 16.7 Å². The Morgan fingerprint density at radius 3 is 1.92 bits per heavy atom. The summed E-state index contributed by atoms with van der Waals surface area (Å²) in [6, 6.07) is 20.4. The van der Waals surface area contributed by atoms with E-state index in [9.17, 15) is 0 Å². The van der Waals surface area contributed by atoms with Gasteiger partial charge in [-0.05, 0) is 35.8 Å². The highest BCUT2D eigenvalue weighted by Crippen LogP contribution is 2.44. The lowest BCUT2D eigenvalue weighted by molar-refractivity contribution is 0.0908. The van der Waals surface area contributed by atoms with E-state index in [4.69, 9.17) is 16.3 Å². The third kappa shape index (κ3) is 3.10. The summed E-state index contributed by atoms with van der Waals surface area (Å²) in [5, 5.41) is 0. The van der Waals surface area contributed by atoms with Gasteiger partial charge in [-0.3, -0.25) is 0 Å². The zero-order chi connectivity index (χ0) is 17.0. The molecule has 1 atom stereocenters. The Balaban J connectivity index is 2.16. The molecule has 0 saturated heterocycles. The number of allylic oxidation sites excluding steroid dienone is 4. The molecule has 0 amide bonds. The first kappa shape index (κ1) is 16.8. The molecule has 0 heterocycles. The molecule has 0 aromatic heterocycles. The van der Waals surface area contributed by atoms with Crippen molar-refractivity contribution in [2.24, 2.45) is 0 Å². The van der Waals surface area contributed by atoms with Crippen molar-refractivity contribution in [3.8, 4) is 0 Å². The van der Waals surface area contributed by atoms with E-state index in [2.05, 4.69) is 36.4 Å². The maximum Gasteiger partial charge on any atom is 0.119 e. The van der Waals surface area contributed by atoms with Gasteiger partial charge in [0.05, 0.1) is 0 Å². The predicted molar refractivity (Wildman–Crippen MR) is 101 cm³/mol. The highest BCUT2D eigenvalue weighted by molar-refractivity contribution is 6.28. The molecule has 0 N–H and O–H groups in total. The fourth-order valence-corrected chi connectivity index (χ4v) is 3.29. The molecule has 0 bridgehead atoms. The minimum Gasteiger partial charge on any atom is -0.370 e. The van der Waals surface area contributed by atoms with E-state index in [0.29, 0.717) is 0 Å². The van der Waals surface area contributed by atoms with Crippen LogP contribution in [0, 0.1) is 0 Å². The van der Waals surface area contributed by atoms with E-state index < -0.39 is 10.5 Å². The largest absolute Gasteiger partial charge is 0.370 e. The second-order valence-corrected chi connectivity index (χ2v) is 6.66. The Morgan fingerprint density at radius 2 is 1.42 bits per heavy atom. The summed E-state index contributed by atoms with van der Waals surface area (Å²) in [6.07, 6.45) is 10.2. The minimum absolute atomic E-state index is 0.427. The third-order valence-corrected chi connectivity index (χ3v) is 5.13. The molecule has 24 heavy (non-hydrogen) atoms. The maximum absolute atomic E-state index is 7.28. The summed E-state index contributed by atoms with van der Waals surface area (Å²) in [7, 11) is 1.71. The van der Waals surface area contributed by atoms with Crippen LogP contribution in [0.4, 0.5) is 0 Å². The zero-order valence-electron chi connectivity index (χ0n) is 13.9. The van der Waals surface area contributed by atoms with Gasteiger partial charge in [-0.1, -0.05) is 78.9 Å². The fourth-order valence-electron chi connectivity index (χ4n) is 2.91. The van der Waals surface area contributed by atoms with Gasteiger partial charge in [0.25, 0.3) is 0 Å². The average molecular weight is 337 g/mol. The van der Waals surface area contributed by atoms with Gasteiger partial charge in [-0.15, -0.1) is 11.6 Å². The first-order chi connectivity index (χ1) is 11.6. The van der Waals surface area contributed by atoms with Crippen LogP contribution in [0.15, 0.2) is 96.6 Å². The molecule has 0 unspecified atom stereocenters. The van der Waals surface area contributed by atoms with Gasteiger partial charge < -0.3 is 4.74 Å². The van der Waals surface area contributed by atoms with Gasteiger partial charge in [0, 0.05) is 7.11 Å². The van der Waals surface area contributed by atoms with Crippen molar-refractivity contribution < 1.29 is 4.74 Å². The average Bonchev–Trinajstić information content (AvgIpc) is 2.85. The first-order valence-electron chi connectivity index (χ1n) is 8.03. The number of rotatable bonds is 4. The Kier molecular flexibility index (Phi) is 4.75. The summed E-state index contributed by atoms with van der Waals surface area (Å²) >= 11 is 7.28. The molecule has 0 spiro atoms. The molecule has 0 fully saturated rings. The van der Waals surface area contributed by atoms with Gasteiger partial charge in [-0.25, -0.2) is 0 Å². The summed E-state index contributed by atoms with van der Waals surface area (Å²) in [4.78, 5) is -0.748. The Morgan fingerprint density at radius 1 is 0.875 bits per heavy atom. The summed E-state index contributed by atoms with van der Waals surface area (Å²) < 4.78 is 5.58. The zero-order valence-corrected chi connectivity index (χ0v) is 14.7. The molecule has 122 valence electrons. The molecule has 1 nitrogen and oxygen atoms in total. The van der Waals surface area contributed by atoms with Crippen molar-refractivity contribution in [2.75, 3.05) is 7.11 Å². The van der Waals surface area contributed by atoms with Crippen molar-refractivity contribution >= 4 is 11.6 Å². The first-order valence-corrected chi connectivity index (χ1v) is 8.41. The van der Waals surface area contributed by atoms with Gasteiger partial charge in [0.2, 0.25) is 0 Å². The molecule has 3 rings (SSSR count). The quantitative estimate of drug-likeness (QED) is 0.658. The standard InChI is InChI=1S/C22H21ClO/c1-21(24-2)16-9-14-20(15-17-21)22(23,18-10-5-3-6-11-18)19-12-7-4-8-13-19/h3-17H,1-2H3/t21-/m0/s1. The predicted octanol–water partition coefficient (Wildman–Crippen LogP) is 5.63. The van der Waals surface area contributed by atoms with Gasteiger partial charge in [-0.2, -0.15) is 0 Å². The molecule has 0 radical (unpaired) electrons. The second-order valence-electron chi connectivity index (χ2n) is 6.09. The number of ether oxygens (including phenoxy) is 1. The number of methoxy groups -OCH3 is 1. The molecule has 2 heteroatoms. The summed E-state index contributed by atoms with van der Waals surface area (Å²) in [6.45, 7) is 2.03. The summed E-state index contributed by atoms with van der Waals surface area (Å²) in [5.74, 6) is 0. The number of hydrogen-bond donors (Lipinski definition) is 0. The van der Waals surface area contributed by atoms with Crippen LogP contribution in [-0.2, 0) is 9.61 Å². The van der Waals surface area contributed by atoms with Crippen molar-refractivity contribution in [1.29, 1.82) is 0 Å². The molecule has 2 aromatic carbocycles. The van der Waals surface area contributed by atoms with Crippen LogP contribution in [0.2, 0.25) is 0 Å². The monoisotopic (exact) mass is 336 g/mol. The van der Waals surface area contributed by atoms with E-state index in [1.807, 2.05) is 61.5 Å². The molecule has 1 aliphatic carbocycles. The van der Waals surface area contributed by atoms with Crippen LogP contribution in [0.1, 0.15) is 18.1 Å². The Hall–Kier alpha value is -2.09. The summed E-state index contributed by atoms with van der Waals surface area (Å²) in [5.41, 5.74) is 2.67. The smallest absolute Gasteiger partial charge is 0.119 e. The van der Waals surface area contributed by atoms with Gasteiger partial charge >= 0.3 is 0 Å². The van der Waals surface area contributed by atoms with Crippen molar-refractivity contribution in [3.05, 3.63) is 108 Å². The fraction of sp³-hybridized carbons (Fsp3) is 0.182. The second kappa shape index (κ2) is 6.80. The van der Waals surface area contributed by atoms with Crippen LogP contribution >= 0.6 is 11.6 Å². The van der Waals surface area contributed by atoms with E-state index in [1.54, 1.807) is 7.11 Å². The lowest BCUT2D eigenvalue weighted by Crippen LogP contribution is -2.23. The molecule has 0 aliphatic heterocycles. The van der Waals surface area contributed by atoms with E-state index in [-0.39, 0.29) is 0 Å². The van der Waals surface area contributed by atoms with Gasteiger partial charge in [0.1, 0.15) is 10.5 Å². The van der Waals surface area contributed by atoms with Crippen LogP contribution in [0.3, 0.4) is 0 Å². The van der Waals surface area contributed by atoms with Gasteiger partial charge in [0.15, 0.2) is 0 Å².